The second-order valence-electron chi connectivity index (χ2n) is 10.3. The SMILES string of the molecule is Cc1cc(CNc2nncn2[C@H]2CCc3sc(NC(=O)C4CC4)c(C(=O)NCC4CC4)c3C2)n(C)n1. The van der Waals surface area contributed by atoms with E-state index in [1.807, 2.05) is 18.7 Å². The quantitative estimate of drug-likeness (QED) is 0.408. The highest BCUT2D eigenvalue weighted by Crippen LogP contribution is 2.42. The van der Waals surface area contributed by atoms with E-state index >= 15 is 0 Å². The van der Waals surface area contributed by atoms with Crippen LogP contribution in [0.3, 0.4) is 0 Å². The molecule has 3 N–H and O–H groups in total. The van der Waals surface area contributed by atoms with Crippen molar-refractivity contribution in [1.29, 1.82) is 0 Å². The number of nitrogens with one attached hydrogen (secondary N) is 3. The van der Waals surface area contributed by atoms with Gasteiger partial charge in [-0.15, -0.1) is 21.5 Å². The number of anilines is 2. The van der Waals surface area contributed by atoms with Gasteiger partial charge in [-0.1, -0.05) is 0 Å². The average Bonchev–Trinajstić information content (AvgIpc) is 3.77. The number of amides is 2. The second-order valence-corrected chi connectivity index (χ2v) is 11.4. The monoisotopic (exact) mass is 508 g/mol. The molecule has 2 amide bonds. The molecule has 0 saturated heterocycles. The summed E-state index contributed by atoms with van der Waals surface area (Å²) in [4.78, 5) is 27.1. The Morgan fingerprint density at radius 3 is 2.75 bits per heavy atom. The summed E-state index contributed by atoms with van der Waals surface area (Å²) in [6, 6.07) is 2.18. The van der Waals surface area contributed by atoms with E-state index in [0.717, 1.165) is 42.6 Å². The largest absolute Gasteiger partial charge is 0.352 e. The topological polar surface area (TPSA) is 119 Å². The molecule has 3 aromatic heterocycles. The van der Waals surface area contributed by atoms with Gasteiger partial charge < -0.3 is 16.0 Å². The van der Waals surface area contributed by atoms with Crippen molar-refractivity contribution in [2.24, 2.45) is 18.9 Å². The fraction of sp³-hybridized carbons (Fsp3) is 0.560. The molecule has 3 aromatic rings. The van der Waals surface area contributed by atoms with Gasteiger partial charge in [-0.25, -0.2) is 0 Å². The molecule has 3 heterocycles. The summed E-state index contributed by atoms with van der Waals surface area (Å²) >= 11 is 1.57. The normalized spacial score (nSPS) is 19.1. The maximum absolute atomic E-state index is 13.3. The lowest BCUT2D eigenvalue weighted by Crippen LogP contribution is -2.28. The molecule has 3 aliphatic carbocycles. The molecule has 3 aliphatic rings. The Hall–Kier alpha value is -3.21. The van der Waals surface area contributed by atoms with Gasteiger partial charge in [0.2, 0.25) is 11.9 Å². The number of aromatic nitrogens is 5. The number of hydrogen-bond acceptors (Lipinski definition) is 7. The predicted molar refractivity (Wildman–Crippen MR) is 137 cm³/mol. The highest BCUT2D eigenvalue weighted by molar-refractivity contribution is 7.17. The number of thiophene rings is 1. The smallest absolute Gasteiger partial charge is 0.254 e. The lowest BCUT2D eigenvalue weighted by molar-refractivity contribution is -0.117. The van der Waals surface area contributed by atoms with Crippen LogP contribution in [0.4, 0.5) is 10.9 Å². The number of carbonyl (C=O) groups is 2. The van der Waals surface area contributed by atoms with Crippen molar-refractivity contribution in [2.75, 3.05) is 17.2 Å². The molecule has 36 heavy (non-hydrogen) atoms. The zero-order valence-corrected chi connectivity index (χ0v) is 21.5. The second kappa shape index (κ2) is 9.34. The summed E-state index contributed by atoms with van der Waals surface area (Å²) in [5.41, 5.74) is 3.75. The number of rotatable bonds is 9. The van der Waals surface area contributed by atoms with Crippen molar-refractivity contribution in [3.05, 3.63) is 39.8 Å². The standard InChI is InChI=1S/C25H32N8O2S/c1-14-9-18(32(2)31-14)12-27-25-30-28-13-33(25)17-7-8-20-19(10-17)21(23(35)26-11-15-3-4-15)24(36-20)29-22(34)16-5-6-16/h9,13,15-17H,3-8,10-12H2,1-2H3,(H,26,35)(H,27,30)(H,29,34)/t17-/m0/s1. The third-order valence-electron chi connectivity index (χ3n) is 7.39. The van der Waals surface area contributed by atoms with Gasteiger partial charge >= 0.3 is 0 Å². The zero-order valence-electron chi connectivity index (χ0n) is 20.7. The summed E-state index contributed by atoms with van der Waals surface area (Å²) in [6.07, 6.45) is 8.47. The number of carbonyl (C=O) groups excluding carboxylic acids is 2. The molecular formula is C25H32N8O2S. The fourth-order valence-corrected chi connectivity index (χ4v) is 6.22. The van der Waals surface area contributed by atoms with Crippen LogP contribution in [0.5, 0.6) is 0 Å². The fourth-order valence-electron chi connectivity index (χ4n) is 4.97. The van der Waals surface area contributed by atoms with Crippen molar-refractivity contribution >= 4 is 34.1 Å². The van der Waals surface area contributed by atoms with Crippen molar-refractivity contribution in [2.45, 2.75) is 64.5 Å². The molecule has 0 spiro atoms. The molecule has 2 fully saturated rings. The minimum absolute atomic E-state index is 0.0390. The van der Waals surface area contributed by atoms with Gasteiger partial charge in [0, 0.05) is 30.4 Å². The van der Waals surface area contributed by atoms with Crippen molar-refractivity contribution in [1.82, 2.24) is 29.9 Å². The van der Waals surface area contributed by atoms with E-state index in [2.05, 4.69) is 41.9 Å². The van der Waals surface area contributed by atoms with E-state index in [1.54, 1.807) is 17.7 Å². The van der Waals surface area contributed by atoms with Gasteiger partial charge in [-0.05, 0) is 69.4 Å². The first-order valence-electron chi connectivity index (χ1n) is 12.8. The van der Waals surface area contributed by atoms with Crippen LogP contribution < -0.4 is 16.0 Å². The number of nitrogens with zero attached hydrogens (tertiary/aromatic N) is 5. The first-order chi connectivity index (χ1) is 17.5. The Morgan fingerprint density at radius 2 is 2.03 bits per heavy atom. The van der Waals surface area contributed by atoms with Crippen LogP contribution in [-0.2, 0) is 31.2 Å². The van der Waals surface area contributed by atoms with E-state index < -0.39 is 0 Å². The van der Waals surface area contributed by atoms with Crippen LogP contribution in [0.15, 0.2) is 12.4 Å². The van der Waals surface area contributed by atoms with E-state index in [9.17, 15) is 9.59 Å². The van der Waals surface area contributed by atoms with E-state index in [-0.39, 0.29) is 23.8 Å². The zero-order chi connectivity index (χ0) is 24.8. The highest BCUT2D eigenvalue weighted by Gasteiger charge is 2.35. The maximum Gasteiger partial charge on any atom is 0.254 e. The Morgan fingerprint density at radius 1 is 1.19 bits per heavy atom. The highest BCUT2D eigenvalue weighted by atomic mass is 32.1. The lowest BCUT2D eigenvalue weighted by Gasteiger charge is -2.25. The van der Waals surface area contributed by atoms with Crippen molar-refractivity contribution in [3.63, 3.8) is 0 Å². The molecule has 1 atom stereocenters. The van der Waals surface area contributed by atoms with Crippen LogP contribution in [-0.4, -0.2) is 42.9 Å². The third-order valence-corrected chi connectivity index (χ3v) is 8.60. The van der Waals surface area contributed by atoms with Crippen LogP contribution in [0.1, 0.15) is 70.3 Å². The summed E-state index contributed by atoms with van der Waals surface area (Å²) in [7, 11) is 1.93. The minimum Gasteiger partial charge on any atom is -0.352 e. The maximum atomic E-state index is 13.3. The molecule has 0 bridgehead atoms. The first kappa shape index (κ1) is 23.2. The summed E-state index contributed by atoms with van der Waals surface area (Å²) in [5.74, 6) is 1.36. The Balaban J connectivity index is 1.23. The Kier molecular flexibility index (Phi) is 6.02. The van der Waals surface area contributed by atoms with Gasteiger partial charge in [0.1, 0.15) is 11.3 Å². The molecule has 2 saturated carbocycles. The Bertz CT molecular complexity index is 1300. The van der Waals surface area contributed by atoms with Crippen LogP contribution in [0.2, 0.25) is 0 Å². The van der Waals surface area contributed by atoms with Gasteiger partial charge in [0.05, 0.1) is 23.5 Å². The van der Waals surface area contributed by atoms with Gasteiger partial charge in [0.15, 0.2) is 0 Å². The number of hydrogen-bond donors (Lipinski definition) is 3. The first-order valence-corrected chi connectivity index (χ1v) is 13.6. The van der Waals surface area contributed by atoms with Crippen molar-refractivity contribution in [3.8, 4) is 0 Å². The molecule has 0 radical (unpaired) electrons. The Labute approximate surface area is 213 Å². The summed E-state index contributed by atoms with van der Waals surface area (Å²) < 4.78 is 3.95. The number of aryl methyl sites for hydroxylation is 3. The molecule has 11 heteroatoms. The number of fused-ring (bicyclic) bond motifs is 1. The molecule has 10 nitrogen and oxygen atoms in total. The molecule has 6 rings (SSSR count). The van der Waals surface area contributed by atoms with Gasteiger partial charge in [-0.3, -0.25) is 18.8 Å². The molecule has 0 aromatic carbocycles. The molecular weight excluding hydrogens is 476 g/mol. The van der Waals surface area contributed by atoms with Crippen molar-refractivity contribution < 1.29 is 9.59 Å². The lowest BCUT2D eigenvalue weighted by atomic mass is 9.91. The van der Waals surface area contributed by atoms with E-state index in [4.69, 9.17) is 0 Å². The van der Waals surface area contributed by atoms with Gasteiger partial charge in [-0.2, -0.15) is 5.10 Å². The molecule has 0 aliphatic heterocycles. The average molecular weight is 509 g/mol. The minimum atomic E-state index is -0.0696. The van der Waals surface area contributed by atoms with E-state index in [0.29, 0.717) is 41.9 Å². The third kappa shape index (κ3) is 4.76. The van der Waals surface area contributed by atoms with Crippen LogP contribution in [0, 0.1) is 18.8 Å². The summed E-state index contributed by atoms with van der Waals surface area (Å²) in [6.45, 7) is 3.28. The van der Waals surface area contributed by atoms with Gasteiger partial charge in [0.25, 0.3) is 5.91 Å². The predicted octanol–water partition coefficient (Wildman–Crippen LogP) is 3.21. The molecule has 0 unspecified atom stereocenters. The summed E-state index contributed by atoms with van der Waals surface area (Å²) in [5, 5.41) is 23.2. The van der Waals surface area contributed by atoms with Crippen LogP contribution in [0.25, 0.3) is 0 Å². The van der Waals surface area contributed by atoms with Crippen LogP contribution >= 0.6 is 11.3 Å². The van der Waals surface area contributed by atoms with E-state index in [1.165, 1.54) is 17.7 Å². The molecule has 190 valence electrons.